The van der Waals surface area contributed by atoms with Crippen molar-refractivity contribution in [3.8, 4) is 0 Å². The number of ether oxygens (including phenoxy) is 1. The first-order chi connectivity index (χ1) is 6.98. The molecule has 0 aliphatic carbocycles. The molecule has 0 amide bonds. The Morgan fingerprint density at radius 1 is 1.12 bits per heavy atom. The number of rotatable bonds is 3. The standard InChI is InChI=1S/C7H7ClF6O2/c1-2-3-16-4(15)5(8,6(9,10)11)7(12,13)14/h2-3H2,1H3. The molecule has 0 unspecified atom stereocenters. The summed E-state index contributed by atoms with van der Waals surface area (Å²) in [6.07, 6.45) is -11.9. The predicted octanol–water partition coefficient (Wildman–Crippen LogP) is 3.04. The monoisotopic (exact) mass is 272 g/mol. The summed E-state index contributed by atoms with van der Waals surface area (Å²) in [5, 5.41) is 0. The average molecular weight is 273 g/mol. The molecule has 0 aromatic heterocycles. The highest BCUT2D eigenvalue weighted by atomic mass is 35.5. The van der Waals surface area contributed by atoms with Gasteiger partial charge < -0.3 is 4.74 Å². The Kier molecular flexibility index (Phi) is 4.49. The number of carbonyl (C=O) groups excluding carboxylic acids is 1. The summed E-state index contributed by atoms with van der Waals surface area (Å²) < 4.78 is 76.5. The smallest absolute Gasteiger partial charge is 0.427 e. The summed E-state index contributed by atoms with van der Waals surface area (Å²) in [5.74, 6) is -2.56. The molecule has 0 radical (unpaired) electrons. The number of esters is 1. The van der Waals surface area contributed by atoms with Crippen LogP contribution in [-0.2, 0) is 9.53 Å². The Bertz CT molecular complexity index is 245. The molecule has 0 aliphatic heterocycles. The summed E-state index contributed by atoms with van der Waals surface area (Å²) in [4.78, 5) is 5.72. The summed E-state index contributed by atoms with van der Waals surface area (Å²) in [7, 11) is 0. The van der Waals surface area contributed by atoms with Crippen LogP contribution in [0.1, 0.15) is 13.3 Å². The third kappa shape index (κ3) is 2.72. The Morgan fingerprint density at radius 2 is 1.50 bits per heavy atom. The van der Waals surface area contributed by atoms with Crippen molar-refractivity contribution in [1.29, 1.82) is 0 Å². The molecule has 0 saturated heterocycles. The lowest BCUT2D eigenvalue weighted by Gasteiger charge is -2.29. The van der Waals surface area contributed by atoms with E-state index < -0.39 is 29.8 Å². The zero-order valence-corrected chi connectivity index (χ0v) is 8.63. The van der Waals surface area contributed by atoms with Crippen molar-refractivity contribution in [2.75, 3.05) is 6.61 Å². The fraction of sp³-hybridized carbons (Fsp3) is 0.857. The second kappa shape index (κ2) is 4.68. The lowest BCUT2D eigenvalue weighted by atomic mass is 10.1. The fourth-order valence-corrected chi connectivity index (χ4v) is 0.741. The van der Waals surface area contributed by atoms with Crippen LogP contribution in [0, 0.1) is 0 Å². The van der Waals surface area contributed by atoms with E-state index in [1.807, 2.05) is 0 Å². The van der Waals surface area contributed by atoms with Gasteiger partial charge in [0.15, 0.2) is 0 Å². The molecular weight excluding hydrogens is 266 g/mol. The molecule has 0 N–H and O–H groups in total. The molecule has 0 aliphatic rings. The second-order valence-electron chi connectivity index (χ2n) is 2.79. The molecule has 2 nitrogen and oxygen atoms in total. The van der Waals surface area contributed by atoms with Gasteiger partial charge in [-0.3, -0.25) is 0 Å². The minimum absolute atomic E-state index is 0.0778. The molecule has 0 fully saturated rings. The Labute approximate surface area is 91.5 Å². The minimum atomic E-state index is -5.97. The molecule has 0 aromatic rings. The average Bonchev–Trinajstić information content (AvgIpc) is 2.08. The minimum Gasteiger partial charge on any atom is -0.464 e. The van der Waals surface area contributed by atoms with Gasteiger partial charge in [0.05, 0.1) is 6.61 Å². The summed E-state index contributed by atoms with van der Waals surface area (Å²) in [5.41, 5.74) is 0. The summed E-state index contributed by atoms with van der Waals surface area (Å²) >= 11 is 4.35. The van der Waals surface area contributed by atoms with Crippen LogP contribution in [0.2, 0.25) is 0 Å². The number of hydrogen-bond donors (Lipinski definition) is 0. The lowest BCUT2D eigenvalue weighted by molar-refractivity contribution is -0.268. The molecule has 96 valence electrons. The van der Waals surface area contributed by atoms with E-state index in [1.165, 1.54) is 6.92 Å². The highest BCUT2D eigenvalue weighted by Gasteiger charge is 2.76. The topological polar surface area (TPSA) is 26.3 Å². The van der Waals surface area contributed by atoms with Gasteiger partial charge in [-0.2, -0.15) is 26.3 Å². The maximum atomic E-state index is 12.1. The molecule has 9 heteroatoms. The van der Waals surface area contributed by atoms with Crippen LogP contribution in [0.3, 0.4) is 0 Å². The molecule has 0 saturated carbocycles. The maximum absolute atomic E-state index is 12.1. The van der Waals surface area contributed by atoms with Gasteiger partial charge in [0.25, 0.3) is 0 Å². The Morgan fingerprint density at radius 3 is 1.75 bits per heavy atom. The zero-order chi connectivity index (χ0) is 13.2. The van der Waals surface area contributed by atoms with Crippen molar-refractivity contribution >= 4 is 17.6 Å². The highest BCUT2D eigenvalue weighted by molar-refractivity contribution is 6.35. The largest absolute Gasteiger partial charge is 0.464 e. The fourth-order valence-electron chi connectivity index (χ4n) is 0.686. The molecule has 0 rings (SSSR count). The van der Waals surface area contributed by atoms with Gasteiger partial charge in [-0.25, -0.2) is 4.79 Å². The maximum Gasteiger partial charge on any atom is 0.427 e. The van der Waals surface area contributed by atoms with Crippen molar-refractivity contribution in [2.24, 2.45) is 0 Å². The van der Waals surface area contributed by atoms with E-state index in [0.29, 0.717) is 0 Å². The number of carbonyl (C=O) groups is 1. The quantitative estimate of drug-likeness (QED) is 0.448. The van der Waals surface area contributed by atoms with Crippen LogP contribution in [-0.4, -0.2) is 29.8 Å². The molecule has 16 heavy (non-hydrogen) atoms. The number of alkyl halides is 7. The van der Waals surface area contributed by atoms with Crippen LogP contribution >= 0.6 is 11.6 Å². The van der Waals surface area contributed by atoms with Crippen LogP contribution in [0.25, 0.3) is 0 Å². The predicted molar refractivity (Wildman–Crippen MR) is 41.9 cm³/mol. The first kappa shape index (κ1) is 15.3. The number of hydrogen-bond acceptors (Lipinski definition) is 2. The van der Waals surface area contributed by atoms with E-state index >= 15 is 0 Å². The second-order valence-corrected chi connectivity index (χ2v) is 3.36. The van der Waals surface area contributed by atoms with E-state index in [4.69, 9.17) is 0 Å². The van der Waals surface area contributed by atoms with Crippen LogP contribution in [0.4, 0.5) is 26.3 Å². The molecule has 0 aromatic carbocycles. The van der Waals surface area contributed by atoms with Gasteiger partial charge in [0.2, 0.25) is 0 Å². The third-order valence-corrected chi connectivity index (χ3v) is 2.08. The summed E-state index contributed by atoms with van der Waals surface area (Å²) in [6, 6.07) is 0. The molecule has 0 spiro atoms. The van der Waals surface area contributed by atoms with E-state index in [0.717, 1.165) is 0 Å². The highest BCUT2D eigenvalue weighted by Crippen LogP contribution is 2.48. The molecule has 0 bridgehead atoms. The van der Waals surface area contributed by atoms with Crippen molar-refractivity contribution in [3.63, 3.8) is 0 Å². The normalized spacial score (nSPS) is 13.8. The van der Waals surface area contributed by atoms with Crippen molar-refractivity contribution in [2.45, 2.75) is 30.6 Å². The summed E-state index contributed by atoms with van der Waals surface area (Å²) in [6.45, 7) is 0.837. The van der Waals surface area contributed by atoms with E-state index in [1.54, 1.807) is 0 Å². The number of halogens is 7. The third-order valence-electron chi connectivity index (χ3n) is 1.50. The van der Waals surface area contributed by atoms with Gasteiger partial charge in [0.1, 0.15) is 0 Å². The van der Waals surface area contributed by atoms with E-state index in [2.05, 4.69) is 16.3 Å². The van der Waals surface area contributed by atoms with Crippen LogP contribution in [0.5, 0.6) is 0 Å². The SMILES string of the molecule is CCCOC(=O)C(Cl)(C(F)(F)F)C(F)(F)F. The van der Waals surface area contributed by atoms with Crippen molar-refractivity contribution < 1.29 is 35.9 Å². The Balaban J connectivity index is 5.19. The van der Waals surface area contributed by atoms with Crippen LogP contribution in [0.15, 0.2) is 0 Å². The Hall–Kier alpha value is -0.660. The first-order valence-corrected chi connectivity index (χ1v) is 4.35. The first-order valence-electron chi connectivity index (χ1n) is 3.98. The van der Waals surface area contributed by atoms with E-state index in [9.17, 15) is 31.1 Å². The van der Waals surface area contributed by atoms with Gasteiger partial charge in [-0.15, -0.1) is 0 Å². The van der Waals surface area contributed by atoms with Gasteiger partial charge in [-0.05, 0) is 6.42 Å². The molecule has 0 heterocycles. The lowest BCUT2D eigenvalue weighted by Crippen LogP contribution is -2.58. The van der Waals surface area contributed by atoms with Gasteiger partial charge in [0, 0.05) is 0 Å². The molecule has 0 atom stereocenters. The zero-order valence-electron chi connectivity index (χ0n) is 7.88. The van der Waals surface area contributed by atoms with Gasteiger partial charge >= 0.3 is 23.2 Å². The van der Waals surface area contributed by atoms with Crippen LogP contribution < -0.4 is 0 Å². The van der Waals surface area contributed by atoms with Crippen molar-refractivity contribution in [1.82, 2.24) is 0 Å². The molecular formula is C7H7ClF6O2. The van der Waals surface area contributed by atoms with Gasteiger partial charge in [-0.1, -0.05) is 18.5 Å². The van der Waals surface area contributed by atoms with Crippen molar-refractivity contribution in [3.05, 3.63) is 0 Å². The van der Waals surface area contributed by atoms with E-state index in [-0.39, 0.29) is 6.42 Å².